The zero-order valence-corrected chi connectivity index (χ0v) is 16.9. The first kappa shape index (κ1) is 20.7. The molecule has 4 rings (SSSR count). The highest BCUT2D eigenvalue weighted by Gasteiger charge is 2.27. The Hall–Kier alpha value is -2.54. The van der Waals surface area contributed by atoms with E-state index in [-0.39, 0.29) is 23.8 Å². The van der Waals surface area contributed by atoms with E-state index >= 15 is 0 Å². The molecule has 1 saturated carbocycles. The molecule has 4 nitrogen and oxygen atoms in total. The van der Waals surface area contributed by atoms with E-state index in [9.17, 15) is 18.0 Å². The van der Waals surface area contributed by atoms with Crippen LogP contribution in [0.15, 0.2) is 45.6 Å². The van der Waals surface area contributed by atoms with Crippen LogP contribution in [0.3, 0.4) is 0 Å². The maximum atomic E-state index is 13.8. The minimum absolute atomic E-state index is 0.0558. The lowest BCUT2D eigenvalue weighted by Gasteiger charge is -2.35. The van der Waals surface area contributed by atoms with Crippen molar-refractivity contribution in [1.82, 2.24) is 9.47 Å². The fraction of sp³-hybridized carbons (Fsp3) is 0.435. The summed E-state index contributed by atoms with van der Waals surface area (Å²) in [5.41, 5.74) is 1.39. The van der Waals surface area contributed by atoms with Crippen molar-refractivity contribution in [2.24, 2.45) is 0 Å². The lowest BCUT2D eigenvalue weighted by Crippen LogP contribution is -2.37. The molecule has 30 heavy (non-hydrogen) atoms. The number of aromatic nitrogens is 1. The van der Waals surface area contributed by atoms with Crippen molar-refractivity contribution in [2.45, 2.75) is 50.6 Å². The van der Waals surface area contributed by atoms with Crippen LogP contribution in [-0.2, 0) is 6.42 Å². The van der Waals surface area contributed by atoms with Crippen LogP contribution < -0.4 is 5.76 Å². The smallest absolute Gasteiger partial charge is 0.408 e. The maximum absolute atomic E-state index is 13.8. The molecule has 160 valence electrons. The van der Waals surface area contributed by atoms with E-state index in [0.717, 1.165) is 43.3 Å². The molecular formula is C23H25F3N2O2. The van der Waals surface area contributed by atoms with Gasteiger partial charge in [0.2, 0.25) is 0 Å². The third kappa shape index (κ3) is 4.17. The Morgan fingerprint density at radius 2 is 1.73 bits per heavy atom. The van der Waals surface area contributed by atoms with Crippen molar-refractivity contribution in [3.8, 4) is 0 Å². The van der Waals surface area contributed by atoms with E-state index in [4.69, 9.17) is 4.42 Å². The third-order valence-corrected chi connectivity index (χ3v) is 6.22. The number of para-hydroxylation sites is 2. The predicted octanol–water partition coefficient (Wildman–Crippen LogP) is 5.06. The molecule has 3 aromatic rings. The molecule has 0 unspecified atom stereocenters. The Morgan fingerprint density at radius 3 is 2.43 bits per heavy atom. The van der Waals surface area contributed by atoms with Crippen molar-refractivity contribution in [2.75, 3.05) is 13.6 Å². The summed E-state index contributed by atoms with van der Waals surface area (Å²) in [6.45, 7) is 0.695. The summed E-state index contributed by atoms with van der Waals surface area (Å²) < 4.78 is 47.7. The lowest BCUT2D eigenvalue weighted by atomic mass is 9.90. The average molecular weight is 418 g/mol. The lowest BCUT2D eigenvalue weighted by molar-refractivity contribution is 0.164. The largest absolute Gasteiger partial charge is 0.420 e. The zero-order valence-electron chi connectivity index (χ0n) is 16.9. The highest BCUT2D eigenvalue weighted by molar-refractivity contribution is 5.72. The van der Waals surface area contributed by atoms with Gasteiger partial charge in [0.1, 0.15) is 17.5 Å². The number of oxazole rings is 1. The van der Waals surface area contributed by atoms with Crippen molar-refractivity contribution in [3.63, 3.8) is 0 Å². The first-order valence-corrected chi connectivity index (χ1v) is 10.4. The zero-order chi connectivity index (χ0) is 21.3. The second-order valence-electron chi connectivity index (χ2n) is 8.10. The summed E-state index contributed by atoms with van der Waals surface area (Å²) in [5.74, 6) is -2.86. The quantitative estimate of drug-likeness (QED) is 0.562. The summed E-state index contributed by atoms with van der Waals surface area (Å²) in [7, 11) is 2.02. The third-order valence-electron chi connectivity index (χ3n) is 6.22. The number of benzene rings is 2. The monoisotopic (exact) mass is 418 g/mol. The van der Waals surface area contributed by atoms with Gasteiger partial charge in [0.25, 0.3) is 0 Å². The van der Waals surface area contributed by atoms with E-state index in [0.29, 0.717) is 24.6 Å². The van der Waals surface area contributed by atoms with Crippen LogP contribution in [0.1, 0.15) is 43.7 Å². The van der Waals surface area contributed by atoms with E-state index in [2.05, 4.69) is 4.90 Å². The number of halogens is 3. The highest BCUT2D eigenvalue weighted by Crippen LogP contribution is 2.32. The summed E-state index contributed by atoms with van der Waals surface area (Å²) in [6.07, 6.45) is 4.44. The summed E-state index contributed by atoms with van der Waals surface area (Å²) >= 11 is 0. The van der Waals surface area contributed by atoms with Crippen LogP contribution in [-0.4, -0.2) is 29.1 Å². The molecule has 1 fully saturated rings. The normalized spacial score (nSPS) is 19.6. The Bertz CT molecular complexity index is 1060. The summed E-state index contributed by atoms with van der Waals surface area (Å²) in [6, 6.07) is 9.40. The molecular weight excluding hydrogens is 393 g/mol. The topological polar surface area (TPSA) is 38.4 Å². The van der Waals surface area contributed by atoms with Gasteiger partial charge in [0.05, 0.1) is 5.52 Å². The van der Waals surface area contributed by atoms with Crippen LogP contribution in [0.2, 0.25) is 0 Å². The van der Waals surface area contributed by atoms with Gasteiger partial charge in [0.15, 0.2) is 5.58 Å². The molecule has 0 radical (unpaired) electrons. The Labute approximate surface area is 172 Å². The molecule has 0 atom stereocenters. The molecule has 0 bridgehead atoms. The molecule has 1 aromatic heterocycles. The van der Waals surface area contributed by atoms with Gasteiger partial charge in [-0.15, -0.1) is 0 Å². The molecule has 1 heterocycles. The van der Waals surface area contributed by atoms with Gasteiger partial charge in [0, 0.05) is 29.8 Å². The van der Waals surface area contributed by atoms with Gasteiger partial charge in [-0.05, 0) is 64.3 Å². The van der Waals surface area contributed by atoms with Gasteiger partial charge < -0.3 is 9.32 Å². The second-order valence-corrected chi connectivity index (χ2v) is 8.10. The minimum Gasteiger partial charge on any atom is -0.408 e. The summed E-state index contributed by atoms with van der Waals surface area (Å²) in [4.78, 5) is 14.5. The molecule has 7 heteroatoms. The Balaban J connectivity index is 1.32. The Kier molecular flexibility index (Phi) is 5.99. The van der Waals surface area contributed by atoms with Crippen molar-refractivity contribution >= 4 is 11.1 Å². The van der Waals surface area contributed by atoms with Gasteiger partial charge in [-0.25, -0.2) is 18.0 Å². The Morgan fingerprint density at radius 1 is 1.07 bits per heavy atom. The number of hydrogen-bond donors (Lipinski definition) is 0. The standard InChI is InChI=1S/C23H25F3N2O2/c1-27(12-4-5-18-19(25)13-15(24)14-20(18)26)16-8-10-17(11-9-16)28-21-6-2-3-7-22(21)30-23(28)29/h2-3,6-7,13-14,16-17H,4-5,8-12H2,1H3. The molecule has 0 amide bonds. The highest BCUT2D eigenvalue weighted by atomic mass is 19.1. The van der Waals surface area contributed by atoms with E-state index in [1.807, 2.05) is 25.2 Å². The first-order chi connectivity index (χ1) is 14.4. The summed E-state index contributed by atoms with van der Waals surface area (Å²) in [5, 5.41) is 0. The van der Waals surface area contributed by atoms with E-state index < -0.39 is 17.5 Å². The van der Waals surface area contributed by atoms with Crippen molar-refractivity contribution in [1.29, 1.82) is 0 Å². The van der Waals surface area contributed by atoms with Crippen LogP contribution in [0, 0.1) is 17.5 Å². The maximum Gasteiger partial charge on any atom is 0.420 e. The van der Waals surface area contributed by atoms with Gasteiger partial charge >= 0.3 is 5.76 Å². The van der Waals surface area contributed by atoms with Crippen molar-refractivity contribution in [3.05, 3.63) is 70.0 Å². The fourth-order valence-corrected chi connectivity index (χ4v) is 4.59. The molecule has 0 N–H and O–H groups in total. The SMILES string of the molecule is CN(CCCc1c(F)cc(F)cc1F)C1CCC(n2c(=O)oc3ccccc32)CC1. The number of hydrogen-bond acceptors (Lipinski definition) is 3. The van der Waals surface area contributed by atoms with Gasteiger partial charge in [-0.1, -0.05) is 12.1 Å². The van der Waals surface area contributed by atoms with E-state index in [1.165, 1.54) is 0 Å². The number of rotatable bonds is 6. The van der Waals surface area contributed by atoms with Crippen LogP contribution in [0.4, 0.5) is 13.2 Å². The molecule has 0 aliphatic heterocycles. The number of nitrogens with zero attached hydrogens (tertiary/aromatic N) is 2. The number of fused-ring (bicyclic) bond motifs is 1. The van der Waals surface area contributed by atoms with Crippen LogP contribution in [0.5, 0.6) is 0 Å². The van der Waals surface area contributed by atoms with Crippen LogP contribution >= 0.6 is 0 Å². The van der Waals surface area contributed by atoms with Crippen molar-refractivity contribution < 1.29 is 17.6 Å². The minimum atomic E-state index is -0.896. The van der Waals surface area contributed by atoms with E-state index in [1.54, 1.807) is 10.6 Å². The van der Waals surface area contributed by atoms with Gasteiger partial charge in [-0.3, -0.25) is 4.57 Å². The van der Waals surface area contributed by atoms with Crippen LogP contribution in [0.25, 0.3) is 11.1 Å². The predicted molar refractivity (Wildman–Crippen MR) is 109 cm³/mol. The van der Waals surface area contributed by atoms with Gasteiger partial charge in [-0.2, -0.15) is 0 Å². The molecule has 1 aliphatic rings. The average Bonchev–Trinajstić information content (AvgIpc) is 3.05. The molecule has 0 saturated heterocycles. The first-order valence-electron chi connectivity index (χ1n) is 10.4. The molecule has 0 spiro atoms. The second kappa shape index (κ2) is 8.68. The fourth-order valence-electron chi connectivity index (χ4n) is 4.59. The molecule has 2 aromatic carbocycles. The molecule has 1 aliphatic carbocycles.